The highest BCUT2D eigenvalue weighted by molar-refractivity contribution is 5.92. The topological polar surface area (TPSA) is 64.3 Å². The molecule has 3 N–H and O–H groups in total. The molecule has 0 saturated heterocycles. The predicted octanol–water partition coefficient (Wildman–Crippen LogP) is 2.68. The number of anilines is 2. The number of methoxy groups -OCH3 is 1. The molecule has 1 rings (SSSR count). The molecular weight excluding hydrogens is 240 g/mol. The van der Waals surface area contributed by atoms with Crippen LogP contribution in [0.5, 0.6) is 5.75 Å². The number of amides is 1. The fraction of sp³-hybridized carbons (Fsp3) is 0.417. The molecule has 17 heavy (non-hydrogen) atoms. The highest BCUT2D eigenvalue weighted by atomic mass is 35.5. The Kier molecular flexibility index (Phi) is 6.43. The second kappa shape index (κ2) is 7.01. The van der Waals surface area contributed by atoms with Crippen LogP contribution in [0.15, 0.2) is 18.2 Å². The Bertz CT molecular complexity index is 381. The molecule has 0 aliphatic rings. The van der Waals surface area contributed by atoms with Gasteiger partial charge < -0.3 is 15.8 Å². The number of hydrogen-bond acceptors (Lipinski definition) is 3. The molecule has 0 spiro atoms. The number of hydrogen-bond donors (Lipinski definition) is 2. The summed E-state index contributed by atoms with van der Waals surface area (Å²) in [6.45, 7) is 4.00. The van der Waals surface area contributed by atoms with Crippen LogP contribution in [0, 0.1) is 5.92 Å². The number of nitrogens with two attached hydrogens (primary N) is 1. The van der Waals surface area contributed by atoms with Crippen molar-refractivity contribution in [3.8, 4) is 5.75 Å². The van der Waals surface area contributed by atoms with Crippen molar-refractivity contribution in [2.45, 2.75) is 20.3 Å². The van der Waals surface area contributed by atoms with Gasteiger partial charge in [-0.3, -0.25) is 4.79 Å². The molecule has 0 aliphatic heterocycles. The van der Waals surface area contributed by atoms with Crippen molar-refractivity contribution in [1.82, 2.24) is 0 Å². The average Bonchev–Trinajstić information content (AvgIpc) is 2.19. The van der Waals surface area contributed by atoms with Gasteiger partial charge in [0, 0.05) is 18.2 Å². The lowest BCUT2D eigenvalue weighted by atomic mass is 10.1. The van der Waals surface area contributed by atoms with Crippen molar-refractivity contribution >= 4 is 29.7 Å². The minimum Gasteiger partial charge on any atom is -0.494 e. The number of ether oxygens (including phenoxy) is 1. The van der Waals surface area contributed by atoms with Crippen LogP contribution < -0.4 is 15.8 Å². The van der Waals surface area contributed by atoms with Gasteiger partial charge in [0.25, 0.3) is 0 Å². The van der Waals surface area contributed by atoms with E-state index in [1.807, 2.05) is 13.8 Å². The van der Waals surface area contributed by atoms with E-state index < -0.39 is 0 Å². The Morgan fingerprint density at radius 2 is 2.12 bits per heavy atom. The molecule has 0 bridgehead atoms. The van der Waals surface area contributed by atoms with Crippen molar-refractivity contribution in [1.29, 1.82) is 0 Å². The van der Waals surface area contributed by atoms with Gasteiger partial charge in [-0.05, 0) is 18.1 Å². The van der Waals surface area contributed by atoms with Gasteiger partial charge in [-0.25, -0.2) is 0 Å². The summed E-state index contributed by atoms with van der Waals surface area (Å²) >= 11 is 0. The Balaban J connectivity index is 0.00000256. The molecule has 1 amide bonds. The van der Waals surface area contributed by atoms with Crippen LogP contribution in [0.2, 0.25) is 0 Å². The van der Waals surface area contributed by atoms with E-state index in [9.17, 15) is 4.79 Å². The molecule has 1 aromatic rings. The molecule has 0 atom stereocenters. The molecular formula is C12H19ClN2O2. The van der Waals surface area contributed by atoms with Gasteiger partial charge in [-0.1, -0.05) is 13.8 Å². The number of rotatable bonds is 4. The summed E-state index contributed by atoms with van der Waals surface area (Å²) in [5, 5.41) is 2.80. The first-order valence-electron chi connectivity index (χ1n) is 5.26. The quantitative estimate of drug-likeness (QED) is 0.816. The lowest BCUT2D eigenvalue weighted by Gasteiger charge is -2.11. The summed E-state index contributed by atoms with van der Waals surface area (Å²) < 4.78 is 5.14. The van der Waals surface area contributed by atoms with E-state index in [1.165, 1.54) is 0 Å². The zero-order valence-corrected chi connectivity index (χ0v) is 11.1. The third kappa shape index (κ3) is 4.95. The van der Waals surface area contributed by atoms with E-state index in [-0.39, 0.29) is 18.3 Å². The molecule has 0 heterocycles. The largest absolute Gasteiger partial charge is 0.494 e. The summed E-state index contributed by atoms with van der Waals surface area (Å²) in [4.78, 5) is 11.6. The number of carbonyl (C=O) groups is 1. The Hall–Kier alpha value is -1.42. The van der Waals surface area contributed by atoms with Crippen LogP contribution in [0.1, 0.15) is 20.3 Å². The molecule has 5 heteroatoms. The summed E-state index contributed by atoms with van der Waals surface area (Å²) in [7, 11) is 1.55. The first-order chi connectivity index (χ1) is 7.52. The highest BCUT2D eigenvalue weighted by Gasteiger charge is 2.09. The van der Waals surface area contributed by atoms with Crippen LogP contribution in [0.3, 0.4) is 0 Å². The Labute approximate surface area is 108 Å². The van der Waals surface area contributed by atoms with Crippen LogP contribution in [-0.4, -0.2) is 13.0 Å². The van der Waals surface area contributed by atoms with E-state index in [0.29, 0.717) is 29.5 Å². The Morgan fingerprint density at radius 3 is 2.65 bits per heavy atom. The van der Waals surface area contributed by atoms with Gasteiger partial charge in [0.15, 0.2) is 0 Å². The Morgan fingerprint density at radius 1 is 1.47 bits per heavy atom. The SMILES string of the molecule is COc1cc(N)ccc1NC(=O)CC(C)C.Cl. The maximum Gasteiger partial charge on any atom is 0.224 e. The van der Waals surface area contributed by atoms with Gasteiger partial charge >= 0.3 is 0 Å². The standard InChI is InChI=1S/C12H18N2O2.ClH/c1-8(2)6-12(15)14-10-5-4-9(13)7-11(10)16-3;/h4-5,7-8H,6,13H2,1-3H3,(H,14,15);1H. The number of nitrogen functional groups attached to an aromatic ring is 1. The number of carbonyl (C=O) groups excluding carboxylic acids is 1. The summed E-state index contributed by atoms with van der Waals surface area (Å²) in [5.74, 6) is 0.898. The van der Waals surface area contributed by atoms with Crippen molar-refractivity contribution < 1.29 is 9.53 Å². The molecule has 0 unspecified atom stereocenters. The molecule has 0 saturated carbocycles. The molecule has 0 fully saturated rings. The zero-order valence-electron chi connectivity index (χ0n) is 10.3. The van der Waals surface area contributed by atoms with Crippen molar-refractivity contribution in [3.05, 3.63) is 18.2 Å². The van der Waals surface area contributed by atoms with Gasteiger partial charge in [0.05, 0.1) is 12.8 Å². The van der Waals surface area contributed by atoms with Crippen molar-refractivity contribution in [3.63, 3.8) is 0 Å². The van der Waals surface area contributed by atoms with Crippen LogP contribution in [-0.2, 0) is 4.79 Å². The van der Waals surface area contributed by atoms with Crippen LogP contribution >= 0.6 is 12.4 Å². The third-order valence-electron chi connectivity index (χ3n) is 2.09. The lowest BCUT2D eigenvalue weighted by molar-refractivity contribution is -0.116. The second-order valence-corrected chi connectivity index (χ2v) is 4.11. The highest BCUT2D eigenvalue weighted by Crippen LogP contribution is 2.26. The van der Waals surface area contributed by atoms with E-state index in [2.05, 4.69) is 5.32 Å². The van der Waals surface area contributed by atoms with Crippen LogP contribution in [0.25, 0.3) is 0 Å². The van der Waals surface area contributed by atoms with Gasteiger partial charge in [0.2, 0.25) is 5.91 Å². The van der Waals surface area contributed by atoms with Crippen molar-refractivity contribution in [2.75, 3.05) is 18.2 Å². The molecule has 0 radical (unpaired) electrons. The first-order valence-corrected chi connectivity index (χ1v) is 5.26. The monoisotopic (exact) mass is 258 g/mol. The minimum absolute atomic E-state index is 0. The van der Waals surface area contributed by atoms with Gasteiger partial charge in [-0.15, -0.1) is 12.4 Å². The van der Waals surface area contributed by atoms with E-state index in [4.69, 9.17) is 10.5 Å². The smallest absolute Gasteiger partial charge is 0.224 e. The number of halogens is 1. The van der Waals surface area contributed by atoms with Crippen molar-refractivity contribution in [2.24, 2.45) is 5.92 Å². The van der Waals surface area contributed by atoms with Crippen LogP contribution in [0.4, 0.5) is 11.4 Å². The fourth-order valence-electron chi connectivity index (χ4n) is 1.38. The first kappa shape index (κ1) is 15.6. The molecule has 0 aromatic heterocycles. The maximum atomic E-state index is 11.6. The fourth-order valence-corrected chi connectivity index (χ4v) is 1.38. The maximum absolute atomic E-state index is 11.6. The molecule has 4 nitrogen and oxygen atoms in total. The summed E-state index contributed by atoms with van der Waals surface area (Å²) in [6, 6.07) is 5.16. The van der Waals surface area contributed by atoms with E-state index in [1.54, 1.807) is 25.3 Å². The summed E-state index contributed by atoms with van der Waals surface area (Å²) in [6.07, 6.45) is 0.494. The summed E-state index contributed by atoms with van der Waals surface area (Å²) in [5.41, 5.74) is 6.89. The second-order valence-electron chi connectivity index (χ2n) is 4.11. The van der Waals surface area contributed by atoms with E-state index >= 15 is 0 Å². The molecule has 96 valence electrons. The lowest BCUT2D eigenvalue weighted by Crippen LogP contribution is -2.14. The molecule has 0 aliphatic carbocycles. The number of benzene rings is 1. The van der Waals surface area contributed by atoms with E-state index in [0.717, 1.165) is 0 Å². The van der Waals surface area contributed by atoms with Gasteiger partial charge in [-0.2, -0.15) is 0 Å². The van der Waals surface area contributed by atoms with Gasteiger partial charge in [0.1, 0.15) is 5.75 Å². The average molecular weight is 259 g/mol. The normalized spacial score (nSPS) is 9.65. The molecule has 1 aromatic carbocycles. The zero-order chi connectivity index (χ0) is 12.1. The minimum atomic E-state index is -0.0157. The predicted molar refractivity (Wildman–Crippen MR) is 72.7 cm³/mol. The third-order valence-corrected chi connectivity index (χ3v) is 2.09. The number of nitrogens with one attached hydrogen (secondary N) is 1.